The Labute approximate surface area is 120 Å². The fraction of sp³-hybridized carbons (Fsp3) is 0.294. The predicted octanol–water partition coefficient (Wildman–Crippen LogP) is 3.55. The normalized spacial score (nSPS) is 18.1. The van der Waals surface area contributed by atoms with Crippen LogP contribution in [0.15, 0.2) is 35.5 Å². The van der Waals surface area contributed by atoms with E-state index in [1.54, 1.807) is 0 Å². The van der Waals surface area contributed by atoms with Gasteiger partial charge in [0.05, 0.1) is 17.4 Å². The molecule has 0 aliphatic carbocycles. The summed E-state index contributed by atoms with van der Waals surface area (Å²) in [4.78, 5) is 9.19. The van der Waals surface area contributed by atoms with E-state index in [1.165, 1.54) is 0 Å². The molecule has 0 saturated carbocycles. The van der Waals surface area contributed by atoms with E-state index in [0.717, 1.165) is 34.6 Å². The van der Waals surface area contributed by atoms with Gasteiger partial charge in [-0.05, 0) is 37.1 Å². The van der Waals surface area contributed by atoms with Gasteiger partial charge in [0.2, 0.25) is 0 Å². The van der Waals surface area contributed by atoms with Crippen molar-refractivity contribution in [2.24, 2.45) is 4.99 Å². The number of aliphatic imine (C=N–C) groups is 1. The molecule has 104 valence electrons. The van der Waals surface area contributed by atoms with Crippen LogP contribution in [-0.2, 0) is 0 Å². The topological polar surface area (TPSA) is 37.3 Å². The van der Waals surface area contributed by atoms with Crippen LogP contribution in [0.3, 0.4) is 0 Å². The van der Waals surface area contributed by atoms with Crippen LogP contribution in [-0.4, -0.2) is 24.3 Å². The van der Waals surface area contributed by atoms with E-state index < -0.39 is 0 Å². The lowest BCUT2D eigenvalue weighted by atomic mass is 10.1. The predicted molar refractivity (Wildman–Crippen MR) is 87.6 cm³/mol. The molecule has 0 saturated heterocycles. The summed E-state index contributed by atoms with van der Waals surface area (Å²) in [5.74, 6) is 0. The first-order valence-electron chi connectivity index (χ1n) is 6.92. The second kappa shape index (κ2) is 6.33. The number of hydrogen-bond acceptors (Lipinski definition) is 3. The van der Waals surface area contributed by atoms with Gasteiger partial charge in [0, 0.05) is 24.5 Å². The molecule has 20 heavy (non-hydrogen) atoms. The number of hydrogen-bond donors (Lipinski definition) is 1. The second-order valence-electron chi connectivity index (χ2n) is 4.83. The molecular weight excluding hydrogens is 246 g/mol. The Bertz CT molecular complexity index is 594. The molecule has 1 N–H and O–H groups in total. The third-order valence-corrected chi connectivity index (χ3v) is 3.42. The highest BCUT2D eigenvalue weighted by Gasteiger charge is 2.12. The Morgan fingerprint density at radius 3 is 2.85 bits per heavy atom. The van der Waals surface area contributed by atoms with Crippen molar-refractivity contribution in [3.63, 3.8) is 0 Å². The van der Waals surface area contributed by atoms with Crippen molar-refractivity contribution in [3.8, 4) is 0 Å². The summed E-state index contributed by atoms with van der Waals surface area (Å²) in [6, 6.07) is 4.38. The summed E-state index contributed by atoms with van der Waals surface area (Å²) in [7, 11) is 1.90. The average molecular weight is 267 g/mol. The van der Waals surface area contributed by atoms with Gasteiger partial charge >= 0.3 is 0 Å². The zero-order chi connectivity index (χ0) is 14.5. The Hall–Kier alpha value is -2.16. The van der Waals surface area contributed by atoms with Crippen LogP contribution in [0.5, 0.6) is 0 Å². The third kappa shape index (κ3) is 3.05. The molecule has 0 radical (unpaired) electrons. The molecule has 0 bridgehead atoms. The summed E-state index contributed by atoms with van der Waals surface area (Å²) in [6.07, 6.45) is 8.98. The Balaban J connectivity index is 2.41. The van der Waals surface area contributed by atoms with Crippen LogP contribution in [0.25, 0.3) is 17.7 Å². The molecule has 1 atom stereocenters. The van der Waals surface area contributed by atoms with Crippen LogP contribution < -0.4 is 5.32 Å². The minimum atomic E-state index is 0.295. The van der Waals surface area contributed by atoms with Gasteiger partial charge in [0.25, 0.3) is 0 Å². The van der Waals surface area contributed by atoms with Crippen molar-refractivity contribution in [3.05, 3.63) is 47.4 Å². The lowest BCUT2D eigenvalue weighted by molar-refractivity contribution is 0.799. The van der Waals surface area contributed by atoms with Gasteiger partial charge in [-0.1, -0.05) is 25.6 Å². The molecule has 2 rings (SSSR count). The van der Waals surface area contributed by atoms with Crippen molar-refractivity contribution < 1.29 is 0 Å². The average Bonchev–Trinajstić information content (AvgIpc) is 2.96. The fourth-order valence-corrected chi connectivity index (χ4v) is 2.06. The van der Waals surface area contributed by atoms with E-state index in [-0.39, 0.29) is 0 Å². The summed E-state index contributed by atoms with van der Waals surface area (Å²) >= 11 is 0. The van der Waals surface area contributed by atoms with Gasteiger partial charge in [-0.3, -0.25) is 4.99 Å². The van der Waals surface area contributed by atoms with Crippen LogP contribution in [0.2, 0.25) is 0 Å². The molecule has 1 aliphatic rings. The van der Waals surface area contributed by atoms with Gasteiger partial charge in [-0.2, -0.15) is 0 Å². The highest BCUT2D eigenvalue weighted by Crippen LogP contribution is 2.21. The van der Waals surface area contributed by atoms with Gasteiger partial charge in [0.15, 0.2) is 0 Å². The van der Waals surface area contributed by atoms with E-state index in [2.05, 4.69) is 36.0 Å². The summed E-state index contributed by atoms with van der Waals surface area (Å²) < 4.78 is 0. The third-order valence-electron chi connectivity index (χ3n) is 3.42. The maximum absolute atomic E-state index is 4.74. The standard InChI is InChI=1S/C17H21N3/c1-5-13-7-8-16(14-10-15(6-2)19-11-14)20-17(13)9-12(3)18-4/h5,7-11,15,18H,1,6H2,2-4H3/b12-9+. The highest BCUT2D eigenvalue weighted by atomic mass is 14.8. The number of aromatic nitrogens is 1. The molecule has 0 spiro atoms. The molecule has 0 fully saturated rings. The van der Waals surface area contributed by atoms with Crippen molar-refractivity contribution in [1.82, 2.24) is 10.3 Å². The van der Waals surface area contributed by atoms with Crippen LogP contribution >= 0.6 is 0 Å². The fourth-order valence-electron chi connectivity index (χ4n) is 2.06. The Morgan fingerprint density at radius 1 is 1.45 bits per heavy atom. The van der Waals surface area contributed by atoms with Crippen LogP contribution in [0, 0.1) is 0 Å². The van der Waals surface area contributed by atoms with Gasteiger partial charge < -0.3 is 5.32 Å². The molecule has 0 aromatic carbocycles. The number of nitrogens with one attached hydrogen (secondary N) is 1. The molecule has 2 heterocycles. The minimum absolute atomic E-state index is 0.295. The van der Waals surface area contributed by atoms with Crippen LogP contribution in [0.4, 0.5) is 0 Å². The number of pyridine rings is 1. The number of rotatable bonds is 5. The first kappa shape index (κ1) is 14.3. The first-order chi connectivity index (χ1) is 9.67. The smallest absolute Gasteiger partial charge is 0.0726 e. The minimum Gasteiger partial charge on any atom is -0.392 e. The molecule has 1 aromatic rings. The van der Waals surface area contributed by atoms with Crippen molar-refractivity contribution in [2.45, 2.75) is 26.3 Å². The highest BCUT2D eigenvalue weighted by molar-refractivity contribution is 6.11. The van der Waals surface area contributed by atoms with Gasteiger partial charge in [-0.25, -0.2) is 4.98 Å². The van der Waals surface area contributed by atoms with Crippen molar-refractivity contribution in [2.75, 3.05) is 7.05 Å². The van der Waals surface area contributed by atoms with E-state index in [0.29, 0.717) is 6.04 Å². The maximum atomic E-state index is 4.74. The molecular formula is C17H21N3. The lowest BCUT2D eigenvalue weighted by Crippen LogP contribution is -2.02. The number of nitrogens with zero attached hydrogens (tertiary/aromatic N) is 2. The molecule has 0 amide bonds. The Kier molecular flexibility index (Phi) is 4.51. The van der Waals surface area contributed by atoms with E-state index in [1.807, 2.05) is 38.4 Å². The Morgan fingerprint density at radius 2 is 2.25 bits per heavy atom. The van der Waals surface area contributed by atoms with Gasteiger partial charge in [-0.15, -0.1) is 0 Å². The number of allylic oxidation sites excluding steroid dienone is 2. The van der Waals surface area contributed by atoms with E-state index in [4.69, 9.17) is 4.98 Å². The summed E-state index contributed by atoms with van der Waals surface area (Å²) in [6.45, 7) is 8.00. The lowest BCUT2D eigenvalue weighted by Gasteiger charge is -2.06. The first-order valence-corrected chi connectivity index (χ1v) is 6.92. The van der Waals surface area contributed by atoms with Crippen LogP contribution in [0.1, 0.15) is 37.2 Å². The van der Waals surface area contributed by atoms with Crippen molar-refractivity contribution in [1.29, 1.82) is 0 Å². The van der Waals surface area contributed by atoms with E-state index >= 15 is 0 Å². The molecule has 3 nitrogen and oxygen atoms in total. The SMILES string of the molecule is C=Cc1ccc(C2=CC(CC)N=C2)nc1/C=C(\C)NC. The monoisotopic (exact) mass is 267 g/mol. The maximum Gasteiger partial charge on any atom is 0.0726 e. The molecule has 3 heteroatoms. The van der Waals surface area contributed by atoms with Crippen molar-refractivity contribution >= 4 is 23.9 Å². The quantitative estimate of drug-likeness (QED) is 0.885. The molecule has 1 aliphatic heterocycles. The zero-order valence-corrected chi connectivity index (χ0v) is 12.4. The molecule has 1 unspecified atom stereocenters. The molecule has 1 aromatic heterocycles. The zero-order valence-electron chi connectivity index (χ0n) is 12.4. The second-order valence-corrected chi connectivity index (χ2v) is 4.83. The van der Waals surface area contributed by atoms with Gasteiger partial charge in [0.1, 0.15) is 0 Å². The summed E-state index contributed by atoms with van der Waals surface area (Å²) in [5.41, 5.74) is 5.09. The van der Waals surface area contributed by atoms with E-state index in [9.17, 15) is 0 Å². The summed E-state index contributed by atoms with van der Waals surface area (Å²) in [5, 5.41) is 3.12. The largest absolute Gasteiger partial charge is 0.392 e.